The zero-order chi connectivity index (χ0) is 14.5. The minimum Gasteiger partial charge on any atom is -0.298 e. The van der Waals surface area contributed by atoms with Gasteiger partial charge in [-0.2, -0.15) is 5.26 Å². The third kappa shape index (κ3) is 2.20. The van der Waals surface area contributed by atoms with Gasteiger partial charge in [0.25, 0.3) is 0 Å². The molecule has 20 heavy (non-hydrogen) atoms. The Morgan fingerprint density at radius 3 is 2.30 bits per heavy atom. The molecule has 0 heterocycles. The molecule has 2 nitrogen and oxygen atoms in total. The third-order valence-corrected chi connectivity index (χ3v) is 6.06. The second kappa shape index (κ2) is 4.58. The van der Waals surface area contributed by atoms with Gasteiger partial charge in [0.2, 0.25) is 0 Å². The lowest BCUT2D eigenvalue weighted by molar-refractivity contribution is -0.155. The van der Waals surface area contributed by atoms with E-state index in [1.165, 1.54) is 19.3 Å². The average Bonchev–Trinajstić information content (AvgIpc) is 2.31. The van der Waals surface area contributed by atoms with Crippen molar-refractivity contribution in [3.05, 3.63) is 0 Å². The number of nitriles is 1. The molecule has 4 bridgehead atoms. The first-order chi connectivity index (χ1) is 9.36. The van der Waals surface area contributed by atoms with Crippen molar-refractivity contribution in [2.45, 2.75) is 65.7 Å². The number of carbonyl (C=O) groups excluding carboxylic acids is 1. The van der Waals surface area contributed by atoms with E-state index in [0.29, 0.717) is 17.1 Å². The summed E-state index contributed by atoms with van der Waals surface area (Å²) in [6.45, 7) is 6.60. The van der Waals surface area contributed by atoms with E-state index >= 15 is 0 Å². The minimum atomic E-state index is -0.366. The number of rotatable bonds is 4. The molecule has 4 fully saturated rings. The van der Waals surface area contributed by atoms with Crippen LogP contribution in [0.25, 0.3) is 0 Å². The van der Waals surface area contributed by atoms with Crippen LogP contribution < -0.4 is 0 Å². The van der Waals surface area contributed by atoms with Crippen LogP contribution in [-0.2, 0) is 4.79 Å². The Labute approximate surface area is 122 Å². The molecule has 4 rings (SSSR count). The van der Waals surface area contributed by atoms with Crippen molar-refractivity contribution in [2.24, 2.45) is 34.5 Å². The molecule has 0 aromatic carbocycles. The highest BCUT2D eigenvalue weighted by Gasteiger charge is 2.59. The first-order valence-electron chi connectivity index (χ1n) is 8.30. The van der Waals surface area contributed by atoms with Crippen molar-refractivity contribution in [2.75, 3.05) is 0 Å². The van der Waals surface area contributed by atoms with Gasteiger partial charge in [0.1, 0.15) is 5.92 Å². The molecule has 0 spiro atoms. The van der Waals surface area contributed by atoms with Crippen LogP contribution in [0.5, 0.6) is 0 Å². The molecule has 110 valence electrons. The van der Waals surface area contributed by atoms with Gasteiger partial charge in [0.05, 0.1) is 6.07 Å². The molecule has 0 aromatic heterocycles. The second-order valence-corrected chi connectivity index (χ2v) is 8.73. The summed E-state index contributed by atoms with van der Waals surface area (Å²) in [5, 5.41) is 9.44. The maximum atomic E-state index is 13.1. The topological polar surface area (TPSA) is 40.9 Å². The van der Waals surface area contributed by atoms with Crippen LogP contribution in [0.3, 0.4) is 0 Å². The molecule has 0 N–H and O–H groups in total. The number of hydrogen-bond acceptors (Lipinski definition) is 2. The number of nitrogens with zero attached hydrogens (tertiary/aromatic N) is 1. The van der Waals surface area contributed by atoms with Crippen molar-refractivity contribution in [1.82, 2.24) is 0 Å². The predicted octanol–water partition coefficient (Wildman–Crippen LogP) is 4.35. The van der Waals surface area contributed by atoms with E-state index in [4.69, 9.17) is 0 Å². The molecule has 0 radical (unpaired) electrons. The number of hydrogen-bond donors (Lipinski definition) is 0. The smallest absolute Gasteiger partial charge is 0.156 e. The predicted molar refractivity (Wildman–Crippen MR) is 78.8 cm³/mol. The zero-order valence-electron chi connectivity index (χ0n) is 13.1. The first-order valence-corrected chi connectivity index (χ1v) is 8.30. The van der Waals surface area contributed by atoms with Crippen LogP contribution in [0.1, 0.15) is 65.7 Å². The van der Waals surface area contributed by atoms with E-state index in [0.717, 1.165) is 37.5 Å². The summed E-state index contributed by atoms with van der Waals surface area (Å²) in [7, 11) is 0. The van der Waals surface area contributed by atoms with E-state index < -0.39 is 0 Å². The molecule has 2 heteroatoms. The Hall–Kier alpha value is -0.840. The fraction of sp³-hybridized carbons (Fsp3) is 0.889. The summed E-state index contributed by atoms with van der Waals surface area (Å²) in [6, 6.07) is 2.32. The zero-order valence-corrected chi connectivity index (χ0v) is 13.1. The Morgan fingerprint density at radius 1 is 1.25 bits per heavy atom. The maximum absolute atomic E-state index is 13.1. The van der Waals surface area contributed by atoms with Gasteiger partial charge in [0.15, 0.2) is 5.78 Å². The summed E-state index contributed by atoms with van der Waals surface area (Å²) in [4.78, 5) is 13.1. The Bertz CT molecular complexity index is 445. The monoisotopic (exact) mass is 273 g/mol. The standard InChI is InChI=1S/C18H27NO/c1-12(2)4-15(10-19)16(20)18-8-13-5-14(9-18)7-17(3,6-13)11-18/h12-15H,4-9,11H2,1-3H3. The Kier molecular flexibility index (Phi) is 3.23. The molecular weight excluding hydrogens is 246 g/mol. The minimum absolute atomic E-state index is 0.131. The van der Waals surface area contributed by atoms with Gasteiger partial charge in [-0.25, -0.2) is 0 Å². The van der Waals surface area contributed by atoms with E-state index in [2.05, 4.69) is 26.8 Å². The molecule has 3 atom stereocenters. The SMILES string of the molecule is CC(C)CC(C#N)C(=O)C12CC3CC(CC(C)(C3)C1)C2. The van der Waals surface area contributed by atoms with Crippen molar-refractivity contribution in [1.29, 1.82) is 5.26 Å². The van der Waals surface area contributed by atoms with E-state index in [1.807, 2.05) is 0 Å². The van der Waals surface area contributed by atoms with Crippen LogP contribution >= 0.6 is 0 Å². The Morgan fingerprint density at radius 2 is 1.85 bits per heavy atom. The number of carbonyl (C=O) groups is 1. The van der Waals surface area contributed by atoms with Gasteiger partial charge in [-0.1, -0.05) is 20.8 Å². The molecular formula is C18H27NO. The van der Waals surface area contributed by atoms with Crippen LogP contribution in [0.4, 0.5) is 0 Å². The van der Waals surface area contributed by atoms with Gasteiger partial charge < -0.3 is 0 Å². The second-order valence-electron chi connectivity index (χ2n) is 8.73. The molecule has 0 saturated heterocycles. The molecule has 0 aliphatic heterocycles. The fourth-order valence-electron chi connectivity index (χ4n) is 6.07. The summed E-state index contributed by atoms with van der Waals surface area (Å²) in [5.41, 5.74) is 0.256. The molecule has 4 aliphatic carbocycles. The molecule has 4 aliphatic rings. The lowest BCUT2D eigenvalue weighted by Gasteiger charge is -2.61. The highest BCUT2D eigenvalue weighted by atomic mass is 16.1. The quantitative estimate of drug-likeness (QED) is 0.764. The summed E-state index contributed by atoms with van der Waals surface area (Å²) < 4.78 is 0. The van der Waals surface area contributed by atoms with Gasteiger partial charge in [-0.3, -0.25) is 4.79 Å². The average molecular weight is 273 g/mol. The van der Waals surface area contributed by atoms with E-state index in [1.54, 1.807) is 0 Å². The van der Waals surface area contributed by atoms with Crippen LogP contribution in [0, 0.1) is 45.8 Å². The van der Waals surface area contributed by atoms with E-state index in [9.17, 15) is 10.1 Å². The van der Waals surface area contributed by atoms with E-state index in [-0.39, 0.29) is 11.3 Å². The third-order valence-electron chi connectivity index (χ3n) is 6.06. The number of ketones is 1. The highest BCUT2D eigenvalue weighted by Crippen LogP contribution is 2.65. The summed E-state index contributed by atoms with van der Waals surface area (Å²) >= 11 is 0. The van der Waals surface area contributed by atoms with Crippen molar-refractivity contribution < 1.29 is 4.79 Å². The van der Waals surface area contributed by atoms with Crippen LogP contribution in [-0.4, -0.2) is 5.78 Å². The molecule has 4 saturated carbocycles. The van der Waals surface area contributed by atoms with Crippen molar-refractivity contribution >= 4 is 5.78 Å². The molecule has 0 amide bonds. The van der Waals surface area contributed by atoms with Gasteiger partial charge >= 0.3 is 0 Å². The highest BCUT2D eigenvalue weighted by molar-refractivity contribution is 5.89. The largest absolute Gasteiger partial charge is 0.298 e. The summed E-state index contributed by atoms with van der Waals surface area (Å²) in [5.74, 6) is 1.86. The van der Waals surface area contributed by atoms with Crippen molar-refractivity contribution in [3.8, 4) is 6.07 Å². The van der Waals surface area contributed by atoms with Crippen LogP contribution in [0.15, 0.2) is 0 Å². The first kappa shape index (κ1) is 14.1. The Balaban J connectivity index is 1.85. The van der Waals surface area contributed by atoms with Gasteiger partial charge in [0, 0.05) is 5.41 Å². The fourth-order valence-corrected chi connectivity index (χ4v) is 6.07. The van der Waals surface area contributed by atoms with Gasteiger partial charge in [-0.05, 0) is 68.1 Å². The summed E-state index contributed by atoms with van der Waals surface area (Å²) in [6.07, 6.45) is 7.93. The lowest BCUT2D eigenvalue weighted by atomic mass is 9.43. The normalized spacial score (nSPS) is 43.5. The molecule has 3 unspecified atom stereocenters. The van der Waals surface area contributed by atoms with Gasteiger partial charge in [-0.15, -0.1) is 0 Å². The maximum Gasteiger partial charge on any atom is 0.156 e. The molecule has 0 aromatic rings. The lowest BCUT2D eigenvalue weighted by Crippen LogP contribution is -2.55. The number of Topliss-reactive ketones (excluding diaryl/α,β-unsaturated/α-hetero) is 1. The van der Waals surface area contributed by atoms with Crippen LogP contribution in [0.2, 0.25) is 0 Å². The van der Waals surface area contributed by atoms with Crippen molar-refractivity contribution in [3.63, 3.8) is 0 Å².